The number of carbonyl (C=O) groups is 1. The summed E-state index contributed by atoms with van der Waals surface area (Å²) in [7, 11) is 0. The summed E-state index contributed by atoms with van der Waals surface area (Å²) in [5.74, 6) is -0.330. The third kappa shape index (κ3) is 3.08. The Morgan fingerprint density at radius 2 is 1.86 bits per heavy atom. The van der Waals surface area contributed by atoms with Crippen molar-refractivity contribution in [1.29, 1.82) is 0 Å². The van der Waals surface area contributed by atoms with Crippen molar-refractivity contribution in [3.63, 3.8) is 0 Å². The molecule has 1 aliphatic carbocycles. The van der Waals surface area contributed by atoms with Crippen LogP contribution in [0, 0.1) is 0 Å². The SMILES string of the molecule is C/C(=N/NC(=O)c1cc(-c2ccc3c4c(cccc24)CC3)n[nH]1)c1ccncc1. The second-order valence-electron chi connectivity index (χ2n) is 7.15. The van der Waals surface area contributed by atoms with Crippen molar-refractivity contribution in [2.24, 2.45) is 5.10 Å². The van der Waals surface area contributed by atoms with Crippen LogP contribution in [0.1, 0.15) is 34.1 Å². The zero-order valence-corrected chi connectivity index (χ0v) is 15.9. The van der Waals surface area contributed by atoms with E-state index in [9.17, 15) is 4.79 Å². The number of benzene rings is 2. The molecule has 1 amide bonds. The molecule has 0 spiro atoms. The van der Waals surface area contributed by atoms with Crippen molar-refractivity contribution in [3.05, 3.63) is 83.3 Å². The number of carbonyl (C=O) groups excluding carboxylic acids is 1. The average molecular weight is 381 g/mol. The topological polar surface area (TPSA) is 83.0 Å². The maximum Gasteiger partial charge on any atom is 0.289 e. The van der Waals surface area contributed by atoms with Gasteiger partial charge in [-0.2, -0.15) is 10.2 Å². The molecule has 0 aliphatic heterocycles. The number of aromatic amines is 1. The number of nitrogens with one attached hydrogen (secondary N) is 2. The Labute approximate surface area is 167 Å². The van der Waals surface area contributed by atoms with E-state index in [0.29, 0.717) is 11.4 Å². The number of H-pyrrole nitrogens is 1. The average Bonchev–Trinajstić information content (AvgIpc) is 3.42. The molecule has 0 radical (unpaired) electrons. The number of rotatable bonds is 4. The summed E-state index contributed by atoms with van der Waals surface area (Å²) in [5, 5.41) is 13.9. The van der Waals surface area contributed by atoms with E-state index in [2.05, 4.69) is 56.0 Å². The number of nitrogens with zero attached hydrogens (tertiary/aromatic N) is 3. The minimum absolute atomic E-state index is 0.330. The van der Waals surface area contributed by atoms with E-state index < -0.39 is 0 Å². The molecule has 0 unspecified atom stereocenters. The highest BCUT2D eigenvalue weighted by Crippen LogP contribution is 2.36. The van der Waals surface area contributed by atoms with Gasteiger partial charge in [0.1, 0.15) is 5.69 Å². The molecule has 2 aromatic carbocycles. The number of amides is 1. The molecule has 4 aromatic rings. The van der Waals surface area contributed by atoms with Crippen LogP contribution < -0.4 is 5.43 Å². The van der Waals surface area contributed by atoms with E-state index in [1.807, 2.05) is 19.1 Å². The van der Waals surface area contributed by atoms with E-state index in [0.717, 1.165) is 29.7 Å². The third-order valence-corrected chi connectivity index (χ3v) is 5.40. The zero-order chi connectivity index (χ0) is 19.8. The van der Waals surface area contributed by atoms with Crippen molar-refractivity contribution in [2.45, 2.75) is 19.8 Å². The first-order valence-corrected chi connectivity index (χ1v) is 9.55. The summed E-state index contributed by atoms with van der Waals surface area (Å²) >= 11 is 0. The number of hydrazone groups is 1. The molecular formula is C23H19N5O. The predicted octanol–water partition coefficient (Wildman–Crippen LogP) is 3.88. The van der Waals surface area contributed by atoms with Gasteiger partial charge in [0.05, 0.1) is 11.4 Å². The molecule has 1 aliphatic rings. The molecule has 6 heteroatoms. The summed E-state index contributed by atoms with van der Waals surface area (Å²) in [5.41, 5.74) is 9.10. The van der Waals surface area contributed by atoms with E-state index in [1.54, 1.807) is 18.5 Å². The summed E-state index contributed by atoms with van der Waals surface area (Å²) in [6.07, 6.45) is 5.54. The summed E-state index contributed by atoms with van der Waals surface area (Å²) < 4.78 is 0. The van der Waals surface area contributed by atoms with Gasteiger partial charge in [-0.3, -0.25) is 14.9 Å². The van der Waals surface area contributed by atoms with Crippen LogP contribution in [0.2, 0.25) is 0 Å². The molecule has 29 heavy (non-hydrogen) atoms. The first-order valence-electron chi connectivity index (χ1n) is 9.55. The molecule has 0 saturated heterocycles. The second-order valence-corrected chi connectivity index (χ2v) is 7.15. The summed E-state index contributed by atoms with van der Waals surface area (Å²) in [6, 6.07) is 16.1. The quantitative estimate of drug-likeness (QED) is 0.416. The van der Waals surface area contributed by atoms with E-state index in [4.69, 9.17) is 0 Å². The van der Waals surface area contributed by atoms with Gasteiger partial charge in [0.25, 0.3) is 5.91 Å². The highest BCUT2D eigenvalue weighted by atomic mass is 16.2. The molecule has 142 valence electrons. The lowest BCUT2D eigenvalue weighted by Gasteiger charge is -2.06. The highest BCUT2D eigenvalue weighted by Gasteiger charge is 2.18. The fourth-order valence-corrected chi connectivity index (χ4v) is 3.90. The number of hydrogen-bond acceptors (Lipinski definition) is 4. The van der Waals surface area contributed by atoms with Gasteiger partial charge in [-0.1, -0.05) is 30.3 Å². The van der Waals surface area contributed by atoms with E-state index in [1.165, 1.54) is 21.9 Å². The Hall–Kier alpha value is -3.80. The molecule has 2 N–H and O–H groups in total. The van der Waals surface area contributed by atoms with Crippen molar-refractivity contribution in [3.8, 4) is 11.3 Å². The molecule has 6 nitrogen and oxygen atoms in total. The second kappa shape index (κ2) is 6.98. The number of aryl methyl sites for hydroxylation is 2. The van der Waals surface area contributed by atoms with Gasteiger partial charge in [-0.25, -0.2) is 5.43 Å². The van der Waals surface area contributed by atoms with Crippen LogP contribution in [0.15, 0.2) is 66.0 Å². The monoisotopic (exact) mass is 381 g/mol. The molecule has 5 rings (SSSR count). The minimum atomic E-state index is -0.330. The van der Waals surface area contributed by atoms with Crippen LogP contribution in [-0.4, -0.2) is 26.8 Å². The van der Waals surface area contributed by atoms with Crippen LogP contribution in [0.4, 0.5) is 0 Å². The van der Waals surface area contributed by atoms with Gasteiger partial charge in [0.2, 0.25) is 0 Å². The molecule has 2 aromatic heterocycles. The molecular weight excluding hydrogens is 362 g/mol. The number of pyridine rings is 1. The Morgan fingerprint density at radius 1 is 1.07 bits per heavy atom. The fraction of sp³-hybridized carbons (Fsp3) is 0.130. The molecule has 0 fully saturated rings. The van der Waals surface area contributed by atoms with Gasteiger partial charge in [-0.15, -0.1) is 0 Å². The summed E-state index contributed by atoms with van der Waals surface area (Å²) in [6.45, 7) is 1.83. The lowest BCUT2D eigenvalue weighted by molar-refractivity contribution is 0.0950. The Morgan fingerprint density at radius 3 is 2.69 bits per heavy atom. The van der Waals surface area contributed by atoms with E-state index >= 15 is 0 Å². The van der Waals surface area contributed by atoms with Gasteiger partial charge in [-0.05, 0) is 59.9 Å². The predicted molar refractivity (Wildman–Crippen MR) is 113 cm³/mol. The van der Waals surface area contributed by atoms with Crippen molar-refractivity contribution in [1.82, 2.24) is 20.6 Å². The van der Waals surface area contributed by atoms with Crippen LogP contribution in [0.3, 0.4) is 0 Å². The van der Waals surface area contributed by atoms with Crippen molar-refractivity contribution < 1.29 is 4.79 Å². The Kier molecular flexibility index (Phi) is 4.17. The highest BCUT2D eigenvalue weighted by molar-refractivity contribution is 6.02. The molecule has 0 bridgehead atoms. The maximum atomic E-state index is 12.5. The lowest BCUT2D eigenvalue weighted by atomic mass is 9.98. The van der Waals surface area contributed by atoms with Crippen LogP contribution in [-0.2, 0) is 12.8 Å². The Bertz CT molecular complexity index is 1250. The standard InChI is InChI=1S/C23H19N5O/c1-14(15-9-11-24-12-10-15)25-28-23(29)21-13-20(26-27-21)18-8-7-17-6-5-16-3-2-4-19(18)22(16)17/h2-4,7-13H,5-6H2,1H3,(H,26,27)(H,28,29)/b25-14-. The van der Waals surface area contributed by atoms with Gasteiger partial charge >= 0.3 is 0 Å². The molecule has 2 heterocycles. The normalized spacial score (nSPS) is 13.1. The van der Waals surface area contributed by atoms with Crippen LogP contribution in [0.25, 0.3) is 22.0 Å². The Balaban J connectivity index is 1.42. The third-order valence-electron chi connectivity index (χ3n) is 5.40. The van der Waals surface area contributed by atoms with Crippen molar-refractivity contribution in [2.75, 3.05) is 0 Å². The van der Waals surface area contributed by atoms with Gasteiger partial charge < -0.3 is 0 Å². The van der Waals surface area contributed by atoms with Crippen LogP contribution >= 0.6 is 0 Å². The fourth-order valence-electron chi connectivity index (χ4n) is 3.90. The lowest BCUT2D eigenvalue weighted by Crippen LogP contribution is -2.19. The molecule has 0 saturated carbocycles. The maximum absolute atomic E-state index is 12.5. The first-order chi connectivity index (χ1) is 14.2. The largest absolute Gasteiger partial charge is 0.289 e. The van der Waals surface area contributed by atoms with Crippen LogP contribution in [0.5, 0.6) is 0 Å². The minimum Gasteiger partial charge on any atom is -0.272 e. The smallest absolute Gasteiger partial charge is 0.272 e. The van der Waals surface area contributed by atoms with E-state index in [-0.39, 0.29) is 5.91 Å². The van der Waals surface area contributed by atoms with Crippen molar-refractivity contribution >= 4 is 22.4 Å². The first kappa shape index (κ1) is 17.3. The van der Waals surface area contributed by atoms with Gasteiger partial charge in [0.15, 0.2) is 0 Å². The molecule has 0 atom stereocenters. The number of aromatic nitrogens is 3. The zero-order valence-electron chi connectivity index (χ0n) is 15.9. The van der Waals surface area contributed by atoms with Gasteiger partial charge in [0, 0.05) is 23.5 Å². The number of hydrogen-bond donors (Lipinski definition) is 2. The summed E-state index contributed by atoms with van der Waals surface area (Å²) in [4.78, 5) is 16.5.